The molecule has 118 valence electrons. The van der Waals surface area contributed by atoms with E-state index in [1.165, 1.54) is 0 Å². The molecule has 4 rings (SSSR count). The fourth-order valence-corrected chi connectivity index (χ4v) is 4.59. The van der Waals surface area contributed by atoms with E-state index in [4.69, 9.17) is 4.74 Å². The predicted molar refractivity (Wildman–Crippen MR) is 93.3 cm³/mol. The highest BCUT2D eigenvalue weighted by Crippen LogP contribution is 2.29. The normalized spacial score (nSPS) is 18.5. The summed E-state index contributed by atoms with van der Waals surface area (Å²) in [4.78, 5) is 19.3. The zero-order chi connectivity index (χ0) is 15.8. The first-order valence-corrected chi connectivity index (χ1v) is 9.27. The summed E-state index contributed by atoms with van der Waals surface area (Å²) >= 11 is 3.22. The van der Waals surface area contributed by atoms with Crippen LogP contribution >= 0.6 is 22.7 Å². The SMILES string of the molecule is Cc1csc([C@H]2CN(C(=O)c3csc4ccccc34)CCO2)n1. The van der Waals surface area contributed by atoms with E-state index in [1.807, 2.05) is 40.8 Å². The second kappa shape index (κ2) is 6.03. The number of hydrogen-bond acceptors (Lipinski definition) is 5. The highest BCUT2D eigenvalue weighted by molar-refractivity contribution is 7.17. The zero-order valence-electron chi connectivity index (χ0n) is 12.7. The first kappa shape index (κ1) is 14.8. The van der Waals surface area contributed by atoms with Crippen molar-refractivity contribution in [2.75, 3.05) is 19.7 Å². The number of thiazole rings is 1. The average molecular weight is 344 g/mol. The van der Waals surface area contributed by atoms with Gasteiger partial charge in [0.25, 0.3) is 5.91 Å². The lowest BCUT2D eigenvalue weighted by Gasteiger charge is -2.32. The predicted octanol–water partition coefficient (Wildman–Crippen LogP) is 3.88. The Morgan fingerprint density at radius 2 is 2.17 bits per heavy atom. The first-order chi connectivity index (χ1) is 11.2. The van der Waals surface area contributed by atoms with Gasteiger partial charge >= 0.3 is 0 Å². The van der Waals surface area contributed by atoms with E-state index in [0.717, 1.165) is 26.4 Å². The van der Waals surface area contributed by atoms with Crippen LogP contribution in [0.4, 0.5) is 0 Å². The number of rotatable bonds is 2. The Bertz CT molecular complexity index is 855. The molecule has 0 unspecified atom stereocenters. The van der Waals surface area contributed by atoms with Crippen LogP contribution in [0.5, 0.6) is 0 Å². The Morgan fingerprint density at radius 3 is 3.00 bits per heavy atom. The lowest BCUT2D eigenvalue weighted by atomic mass is 10.1. The lowest BCUT2D eigenvalue weighted by Crippen LogP contribution is -2.42. The van der Waals surface area contributed by atoms with Crippen molar-refractivity contribution >= 4 is 38.7 Å². The Labute approximate surface area is 142 Å². The van der Waals surface area contributed by atoms with Crippen LogP contribution in [0.15, 0.2) is 35.0 Å². The van der Waals surface area contributed by atoms with Crippen molar-refractivity contribution in [3.63, 3.8) is 0 Å². The van der Waals surface area contributed by atoms with Crippen molar-refractivity contribution in [1.82, 2.24) is 9.88 Å². The molecule has 2 aromatic heterocycles. The molecular weight excluding hydrogens is 328 g/mol. The molecule has 1 atom stereocenters. The molecule has 0 N–H and O–H groups in total. The third-order valence-electron chi connectivity index (χ3n) is 3.98. The topological polar surface area (TPSA) is 42.4 Å². The third-order valence-corrected chi connectivity index (χ3v) is 6.00. The van der Waals surface area contributed by atoms with Gasteiger partial charge in [-0.3, -0.25) is 4.79 Å². The van der Waals surface area contributed by atoms with Crippen LogP contribution in [0, 0.1) is 6.92 Å². The van der Waals surface area contributed by atoms with E-state index in [2.05, 4.69) is 11.1 Å². The van der Waals surface area contributed by atoms with Gasteiger partial charge in [-0.05, 0) is 13.0 Å². The summed E-state index contributed by atoms with van der Waals surface area (Å²) in [6.07, 6.45) is -0.115. The number of fused-ring (bicyclic) bond motifs is 1. The number of ether oxygens (including phenoxy) is 1. The third kappa shape index (κ3) is 2.78. The second-order valence-corrected chi connectivity index (χ2v) is 7.38. The van der Waals surface area contributed by atoms with Crippen molar-refractivity contribution in [3.05, 3.63) is 51.3 Å². The highest BCUT2D eigenvalue weighted by Gasteiger charge is 2.28. The van der Waals surface area contributed by atoms with Crippen LogP contribution in [-0.4, -0.2) is 35.5 Å². The Hall–Kier alpha value is -1.76. The number of aromatic nitrogens is 1. The van der Waals surface area contributed by atoms with Gasteiger partial charge in [-0.1, -0.05) is 18.2 Å². The van der Waals surface area contributed by atoms with Gasteiger partial charge in [0.2, 0.25) is 0 Å². The molecule has 1 aliphatic rings. The minimum Gasteiger partial charge on any atom is -0.367 e. The number of morpholine rings is 1. The van der Waals surface area contributed by atoms with Crippen LogP contribution in [0.2, 0.25) is 0 Å². The first-order valence-electron chi connectivity index (χ1n) is 7.51. The van der Waals surface area contributed by atoms with Crippen molar-refractivity contribution < 1.29 is 9.53 Å². The number of nitrogens with zero attached hydrogens (tertiary/aromatic N) is 2. The number of aryl methyl sites for hydroxylation is 1. The molecule has 1 fully saturated rings. The summed E-state index contributed by atoms with van der Waals surface area (Å²) in [5.41, 5.74) is 1.79. The molecule has 6 heteroatoms. The minimum atomic E-state index is -0.115. The number of carbonyl (C=O) groups excluding carboxylic acids is 1. The van der Waals surface area contributed by atoms with Crippen molar-refractivity contribution in [3.8, 4) is 0 Å². The molecule has 0 radical (unpaired) electrons. The molecular formula is C17H16N2O2S2. The van der Waals surface area contributed by atoms with Crippen molar-refractivity contribution in [1.29, 1.82) is 0 Å². The van der Waals surface area contributed by atoms with Gasteiger partial charge in [0, 0.05) is 33.1 Å². The van der Waals surface area contributed by atoms with E-state index >= 15 is 0 Å². The molecule has 1 saturated heterocycles. The van der Waals surface area contributed by atoms with Gasteiger partial charge in [0.05, 0.1) is 18.7 Å². The zero-order valence-corrected chi connectivity index (χ0v) is 14.3. The molecule has 1 amide bonds. The Balaban J connectivity index is 1.58. The van der Waals surface area contributed by atoms with Gasteiger partial charge in [-0.2, -0.15) is 0 Å². The van der Waals surface area contributed by atoms with Crippen LogP contribution in [0.3, 0.4) is 0 Å². The fourth-order valence-electron chi connectivity index (χ4n) is 2.82. The molecule has 0 bridgehead atoms. The van der Waals surface area contributed by atoms with E-state index in [1.54, 1.807) is 22.7 Å². The summed E-state index contributed by atoms with van der Waals surface area (Å²) in [5, 5.41) is 5.97. The average Bonchev–Trinajstić information content (AvgIpc) is 3.20. The maximum atomic E-state index is 12.9. The lowest BCUT2D eigenvalue weighted by molar-refractivity contribution is -0.0228. The van der Waals surface area contributed by atoms with Gasteiger partial charge in [-0.15, -0.1) is 22.7 Å². The standard InChI is InChI=1S/C17H16N2O2S2/c1-11-9-23-16(18-11)14-8-19(6-7-21-14)17(20)13-10-22-15-5-3-2-4-12(13)15/h2-5,9-10,14H,6-8H2,1H3/t14-/m1/s1. The molecule has 23 heavy (non-hydrogen) atoms. The van der Waals surface area contributed by atoms with Crippen LogP contribution in [0.25, 0.3) is 10.1 Å². The number of thiophene rings is 1. The van der Waals surface area contributed by atoms with Crippen LogP contribution in [-0.2, 0) is 4.74 Å². The molecule has 4 nitrogen and oxygen atoms in total. The molecule has 0 aliphatic carbocycles. The summed E-state index contributed by atoms with van der Waals surface area (Å²) in [6.45, 7) is 3.72. The van der Waals surface area contributed by atoms with Crippen molar-refractivity contribution in [2.45, 2.75) is 13.0 Å². The quantitative estimate of drug-likeness (QED) is 0.708. The summed E-state index contributed by atoms with van der Waals surface area (Å²) in [7, 11) is 0. The Kier molecular flexibility index (Phi) is 3.88. The largest absolute Gasteiger partial charge is 0.367 e. The summed E-state index contributed by atoms with van der Waals surface area (Å²) in [5.74, 6) is 0.0871. The highest BCUT2D eigenvalue weighted by atomic mass is 32.1. The van der Waals surface area contributed by atoms with Gasteiger partial charge in [0.15, 0.2) is 0 Å². The molecule has 1 aliphatic heterocycles. The smallest absolute Gasteiger partial charge is 0.255 e. The monoisotopic (exact) mass is 344 g/mol. The number of benzene rings is 1. The van der Waals surface area contributed by atoms with Crippen LogP contribution < -0.4 is 0 Å². The number of carbonyl (C=O) groups is 1. The molecule has 0 saturated carbocycles. The second-order valence-electron chi connectivity index (χ2n) is 5.58. The fraction of sp³-hybridized carbons (Fsp3) is 0.294. The Morgan fingerprint density at radius 1 is 1.30 bits per heavy atom. The van der Waals surface area contributed by atoms with E-state index in [-0.39, 0.29) is 12.0 Å². The number of amides is 1. The summed E-state index contributed by atoms with van der Waals surface area (Å²) < 4.78 is 6.97. The summed E-state index contributed by atoms with van der Waals surface area (Å²) in [6, 6.07) is 8.05. The van der Waals surface area contributed by atoms with E-state index in [0.29, 0.717) is 19.7 Å². The molecule has 3 aromatic rings. The molecule has 0 spiro atoms. The van der Waals surface area contributed by atoms with Gasteiger partial charge in [0.1, 0.15) is 11.1 Å². The van der Waals surface area contributed by atoms with E-state index < -0.39 is 0 Å². The number of hydrogen-bond donors (Lipinski definition) is 0. The van der Waals surface area contributed by atoms with E-state index in [9.17, 15) is 4.79 Å². The van der Waals surface area contributed by atoms with Crippen LogP contribution in [0.1, 0.15) is 27.2 Å². The van der Waals surface area contributed by atoms with Gasteiger partial charge < -0.3 is 9.64 Å². The molecule has 1 aromatic carbocycles. The minimum absolute atomic E-state index is 0.0871. The maximum absolute atomic E-state index is 12.9. The van der Waals surface area contributed by atoms with Crippen molar-refractivity contribution in [2.24, 2.45) is 0 Å². The van der Waals surface area contributed by atoms with Gasteiger partial charge in [-0.25, -0.2) is 4.98 Å². The maximum Gasteiger partial charge on any atom is 0.255 e. The molecule has 3 heterocycles.